The average Bonchev–Trinajstić information content (AvgIpc) is 2.62. The van der Waals surface area contributed by atoms with Crippen LogP contribution in [-0.2, 0) is 11.3 Å². The van der Waals surface area contributed by atoms with Gasteiger partial charge in [0.25, 0.3) is 0 Å². The number of methoxy groups -OCH3 is 1. The molecule has 0 aliphatic rings. The van der Waals surface area contributed by atoms with Gasteiger partial charge in [-0.1, -0.05) is 0 Å². The molecule has 5 heteroatoms. The Balaban J connectivity index is 2.43. The molecule has 1 N–H and O–H groups in total. The Labute approximate surface area is 102 Å². The number of nitrogens with zero attached hydrogens (tertiary/aromatic N) is 2. The van der Waals surface area contributed by atoms with Crippen LogP contribution in [0.4, 0.5) is 5.95 Å². The van der Waals surface area contributed by atoms with Crippen LogP contribution in [0, 0.1) is 6.92 Å². The van der Waals surface area contributed by atoms with Gasteiger partial charge < -0.3 is 14.6 Å². The van der Waals surface area contributed by atoms with Crippen molar-refractivity contribution >= 4 is 17.7 Å². The number of imidazole rings is 1. The Morgan fingerprint density at radius 1 is 1.56 bits per heavy atom. The largest absolute Gasteiger partial charge is 0.383 e. The second-order valence-corrected chi connectivity index (χ2v) is 4.65. The molecule has 0 aliphatic heterocycles. The van der Waals surface area contributed by atoms with Crippen molar-refractivity contribution < 1.29 is 4.74 Å². The van der Waals surface area contributed by atoms with Crippen molar-refractivity contribution in [2.75, 3.05) is 37.6 Å². The van der Waals surface area contributed by atoms with Gasteiger partial charge in [0.05, 0.1) is 12.3 Å². The number of nitrogens with one attached hydrogen (secondary N) is 1. The molecule has 0 radical (unpaired) electrons. The summed E-state index contributed by atoms with van der Waals surface area (Å²) in [5.41, 5.74) is 1.04. The molecule has 0 aliphatic carbocycles. The lowest BCUT2D eigenvalue weighted by atomic mass is 10.5. The third kappa shape index (κ3) is 4.45. The van der Waals surface area contributed by atoms with Gasteiger partial charge in [0, 0.05) is 26.4 Å². The van der Waals surface area contributed by atoms with E-state index in [0.717, 1.165) is 37.8 Å². The highest BCUT2D eigenvalue weighted by Crippen LogP contribution is 2.08. The molecule has 0 fully saturated rings. The van der Waals surface area contributed by atoms with E-state index in [4.69, 9.17) is 4.74 Å². The molecule has 16 heavy (non-hydrogen) atoms. The first kappa shape index (κ1) is 13.4. The van der Waals surface area contributed by atoms with Gasteiger partial charge >= 0.3 is 0 Å². The van der Waals surface area contributed by atoms with Crippen LogP contribution in [0.3, 0.4) is 0 Å². The van der Waals surface area contributed by atoms with E-state index in [1.165, 1.54) is 5.75 Å². The summed E-state index contributed by atoms with van der Waals surface area (Å²) in [6.07, 6.45) is 5.34. The summed E-state index contributed by atoms with van der Waals surface area (Å²) < 4.78 is 7.18. The van der Waals surface area contributed by atoms with Crippen molar-refractivity contribution in [3.8, 4) is 0 Å². The number of ether oxygens (including phenoxy) is 1. The van der Waals surface area contributed by atoms with Crippen LogP contribution < -0.4 is 5.32 Å². The van der Waals surface area contributed by atoms with E-state index in [2.05, 4.69) is 27.3 Å². The van der Waals surface area contributed by atoms with Crippen LogP contribution in [0.2, 0.25) is 0 Å². The lowest BCUT2D eigenvalue weighted by molar-refractivity contribution is 0.187. The van der Waals surface area contributed by atoms with Crippen LogP contribution in [0.15, 0.2) is 6.20 Å². The molecule has 0 bridgehead atoms. The number of aryl methyl sites for hydroxylation is 1. The van der Waals surface area contributed by atoms with E-state index in [1.54, 1.807) is 7.11 Å². The van der Waals surface area contributed by atoms with E-state index in [1.807, 2.05) is 18.7 Å². The van der Waals surface area contributed by atoms with Gasteiger partial charge in [-0.3, -0.25) is 0 Å². The minimum atomic E-state index is 0.718. The number of hydrogen-bond acceptors (Lipinski definition) is 4. The first-order valence-corrected chi connectivity index (χ1v) is 6.93. The Morgan fingerprint density at radius 2 is 2.38 bits per heavy atom. The van der Waals surface area contributed by atoms with Crippen LogP contribution in [0.1, 0.15) is 12.1 Å². The van der Waals surface area contributed by atoms with E-state index < -0.39 is 0 Å². The average molecular weight is 243 g/mol. The molecule has 1 aromatic rings. The van der Waals surface area contributed by atoms with Crippen molar-refractivity contribution in [1.29, 1.82) is 0 Å². The van der Waals surface area contributed by atoms with Gasteiger partial charge in [-0.05, 0) is 25.4 Å². The molecule has 0 aromatic carbocycles. The summed E-state index contributed by atoms with van der Waals surface area (Å²) in [6.45, 7) is 4.55. The summed E-state index contributed by atoms with van der Waals surface area (Å²) in [7, 11) is 1.72. The van der Waals surface area contributed by atoms with Gasteiger partial charge in [-0.25, -0.2) is 4.98 Å². The van der Waals surface area contributed by atoms with Gasteiger partial charge in [0.2, 0.25) is 5.95 Å². The fraction of sp³-hybridized carbons (Fsp3) is 0.727. The summed E-state index contributed by atoms with van der Waals surface area (Å²) in [5, 5.41) is 3.36. The summed E-state index contributed by atoms with van der Waals surface area (Å²) in [6, 6.07) is 0. The normalized spacial score (nSPS) is 10.7. The SMILES string of the molecule is COCCn1cc(C)nc1NCCCSC. The highest BCUT2D eigenvalue weighted by Gasteiger charge is 2.03. The Morgan fingerprint density at radius 3 is 3.06 bits per heavy atom. The van der Waals surface area contributed by atoms with E-state index in [-0.39, 0.29) is 0 Å². The number of thioether (sulfide) groups is 1. The van der Waals surface area contributed by atoms with Crippen LogP contribution in [0.5, 0.6) is 0 Å². The smallest absolute Gasteiger partial charge is 0.203 e. The Bertz CT molecular complexity index is 301. The molecule has 1 heterocycles. The topological polar surface area (TPSA) is 39.1 Å². The number of anilines is 1. The van der Waals surface area contributed by atoms with Crippen molar-refractivity contribution in [3.63, 3.8) is 0 Å². The first-order chi connectivity index (χ1) is 7.77. The molecule has 0 saturated heterocycles. The molecule has 4 nitrogen and oxygen atoms in total. The lowest BCUT2D eigenvalue weighted by Gasteiger charge is -2.08. The maximum atomic E-state index is 5.07. The van der Waals surface area contributed by atoms with Gasteiger partial charge in [0.1, 0.15) is 0 Å². The van der Waals surface area contributed by atoms with Crippen molar-refractivity contribution in [1.82, 2.24) is 9.55 Å². The molecule has 92 valence electrons. The second kappa shape index (κ2) is 7.57. The number of rotatable bonds is 8. The Hall–Kier alpha value is -0.680. The van der Waals surface area contributed by atoms with E-state index >= 15 is 0 Å². The molecule has 0 spiro atoms. The standard InChI is InChI=1S/C11H21N3OS/c1-10-9-14(6-7-15-2)11(13-10)12-5-4-8-16-3/h9H,4-8H2,1-3H3,(H,12,13). The predicted molar refractivity (Wildman–Crippen MR) is 70.3 cm³/mol. The van der Waals surface area contributed by atoms with E-state index in [0.29, 0.717) is 0 Å². The highest BCUT2D eigenvalue weighted by molar-refractivity contribution is 7.98. The maximum Gasteiger partial charge on any atom is 0.203 e. The predicted octanol–water partition coefficient (Wildman–Crippen LogP) is 2.00. The summed E-state index contributed by atoms with van der Waals surface area (Å²) >= 11 is 1.87. The zero-order valence-electron chi connectivity index (χ0n) is 10.3. The van der Waals surface area contributed by atoms with Gasteiger partial charge in [-0.2, -0.15) is 11.8 Å². The molecule has 0 unspecified atom stereocenters. The first-order valence-electron chi connectivity index (χ1n) is 5.53. The fourth-order valence-corrected chi connectivity index (χ4v) is 1.90. The van der Waals surface area contributed by atoms with Gasteiger partial charge in [0.15, 0.2) is 0 Å². The van der Waals surface area contributed by atoms with Gasteiger partial charge in [-0.15, -0.1) is 0 Å². The zero-order valence-corrected chi connectivity index (χ0v) is 11.1. The summed E-state index contributed by atoms with van der Waals surface area (Å²) in [4.78, 5) is 4.45. The Kier molecular flexibility index (Phi) is 6.33. The van der Waals surface area contributed by atoms with Crippen molar-refractivity contribution in [2.24, 2.45) is 0 Å². The monoisotopic (exact) mass is 243 g/mol. The molecule has 1 rings (SSSR count). The van der Waals surface area contributed by atoms with Crippen LogP contribution in [0.25, 0.3) is 0 Å². The molecular weight excluding hydrogens is 222 g/mol. The minimum Gasteiger partial charge on any atom is -0.383 e. The maximum absolute atomic E-state index is 5.07. The quantitative estimate of drug-likeness (QED) is 0.709. The van der Waals surface area contributed by atoms with Crippen molar-refractivity contribution in [3.05, 3.63) is 11.9 Å². The molecule has 0 amide bonds. The highest BCUT2D eigenvalue weighted by atomic mass is 32.2. The minimum absolute atomic E-state index is 0.718. The molecule has 0 saturated carbocycles. The summed E-state index contributed by atoms with van der Waals surface area (Å²) in [5.74, 6) is 2.14. The fourth-order valence-electron chi connectivity index (χ4n) is 1.46. The second-order valence-electron chi connectivity index (χ2n) is 3.67. The number of aromatic nitrogens is 2. The third-order valence-corrected chi connectivity index (χ3v) is 2.94. The lowest BCUT2D eigenvalue weighted by Crippen LogP contribution is -2.11. The van der Waals surface area contributed by atoms with Crippen LogP contribution >= 0.6 is 11.8 Å². The molecular formula is C11H21N3OS. The third-order valence-electron chi connectivity index (χ3n) is 2.24. The van der Waals surface area contributed by atoms with Crippen molar-refractivity contribution in [2.45, 2.75) is 19.9 Å². The number of hydrogen-bond donors (Lipinski definition) is 1. The molecule has 0 atom stereocenters. The zero-order chi connectivity index (χ0) is 11.8. The molecule has 1 aromatic heterocycles. The van der Waals surface area contributed by atoms with E-state index in [9.17, 15) is 0 Å². The van der Waals surface area contributed by atoms with Crippen LogP contribution in [-0.4, -0.2) is 41.8 Å².